The third-order valence-corrected chi connectivity index (χ3v) is 6.66. The van der Waals surface area contributed by atoms with Gasteiger partial charge in [0.05, 0.1) is 5.92 Å². The van der Waals surface area contributed by atoms with Gasteiger partial charge in [0.2, 0.25) is 5.91 Å². The molecule has 1 saturated heterocycles. The number of amides is 1. The first-order valence-electron chi connectivity index (χ1n) is 12.1. The summed E-state index contributed by atoms with van der Waals surface area (Å²) in [6.45, 7) is 3.75. The van der Waals surface area contributed by atoms with Gasteiger partial charge in [0, 0.05) is 32.2 Å². The monoisotopic (exact) mass is 466 g/mol. The maximum absolute atomic E-state index is 13.5. The van der Waals surface area contributed by atoms with Crippen molar-refractivity contribution in [2.24, 2.45) is 0 Å². The number of aliphatic carboxylic acids is 2. The molecule has 0 atom stereocenters. The summed E-state index contributed by atoms with van der Waals surface area (Å²) in [6, 6.07) is 21.2. The molecule has 34 heavy (non-hydrogen) atoms. The van der Waals surface area contributed by atoms with Crippen LogP contribution in [0.1, 0.15) is 55.6 Å². The zero-order chi connectivity index (χ0) is 24.3. The van der Waals surface area contributed by atoms with Crippen LogP contribution in [0.3, 0.4) is 0 Å². The molecule has 0 unspecified atom stereocenters. The van der Waals surface area contributed by atoms with E-state index < -0.39 is 11.9 Å². The SMILES string of the molecule is O=C(C(c1ccccc1)c1ccccc1)N1CCN(C2CCCCCC2)CC1.O=C(O)C(=O)O. The van der Waals surface area contributed by atoms with E-state index in [2.05, 4.69) is 34.1 Å². The van der Waals surface area contributed by atoms with Crippen LogP contribution in [0.4, 0.5) is 0 Å². The average Bonchev–Trinajstić information content (AvgIpc) is 3.16. The van der Waals surface area contributed by atoms with Crippen molar-refractivity contribution < 1.29 is 24.6 Å². The van der Waals surface area contributed by atoms with E-state index in [-0.39, 0.29) is 11.8 Å². The molecule has 0 aromatic heterocycles. The van der Waals surface area contributed by atoms with E-state index in [9.17, 15) is 4.79 Å². The Labute approximate surface area is 201 Å². The van der Waals surface area contributed by atoms with Gasteiger partial charge in [-0.05, 0) is 24.0 Å². The molecule has 1 aliphatic heterocycles. The lowest BCUT2D eigenvalue weighted by molar-refractivity contribution is -0.159. The van der Waals surface area contributed by atoms with E-state index in [0.717, 1.165) is 43.3 Å². The minimum atomic E-state index is -1.82. The normalized spacial score (nSPS) is 17.4. The minimum Gasteiger partial charge on any atom is -0.473 e. The smallest absolute Gasteiger partial charge is 0.414 e. The lowest BCUT2D eigenvalue weighted by atomic mass is 9.90. The molecule has 182 valence electrons. The molecule has 1 saturated carbocycles. The summed E-state index contributed by atoms with van der Waals surface area (Å²) in [5, 5.41) is 14.8. The quantitative estimate of drug-likeness (QED) is 0.525. The fourth-order valence-electron chi connectivity index (χ4n) is 4.88. The summed E-state index contributed by atoms with van der Waals surface area (Å²) in [5.41, 5.74) is 2.18. The highest BCUT2D eigenvalue weighted by molar-refractivity contribution is 6.27. The first kappa shape index (κ1) is 25.4. The van der Waals surface area contributed by atoms with E-state index in [1.807, 2.05) is 36.4 Å². The highest BCUT2D eigenvalue weighted by Crippen LogP contribution is 2.28. The summed E-state index contributed by atoms with van der Waals surface area (Å²) < 4.78 is 0. The first-order chi connectivity index (χ1) is 16.5. The number of carboxylic acids is 2. The minimum absolute atomic E-state index is 0.202. The van der Waals surface area contributed by atoms with Gasteiger partial charge in [-0.15, -0.1) is 0 Å². The van der Waals surface area contributed by atoms with Crippen molar-refractivity contribution in [3.05, 3.63) is 71.8 Å². The second-order valence-corrected chi connectivity index (χ2v) is 8.87. The Hall–Kier alpha value is -3.19. The van der Waals surface area contributed by atoms with Gasteiger partial charge in [-0.2, -0.15) is 0 Å². The van der Waals surface area contributed by atoms with Crippen molar-refractivity contribution in [1.82, 2.24) is 9.80 Å². The van der Waals surface area contributed by atoms with Crippen LogP contribution in [-0.4, -0.2) is 70.1 Å². The van der Waals surface area contributed by atoms with Gasteiger partial charge < -0.3 is 15.1 Å². The molecular formula is C27H34N2O5. The maximum atomic E-state index is 13.5. The fraction of sp³-hybridized carbons (Fsp3) is 0.444. The van der Waals surface area contributed by atoms with Crippen molar-refractivity contribution in [1.29, 1.82) is 0 Å². The number of nitrogens with zero attached hydrogens (tertiary/aromatic N) is 2. The number of carboxylic acid groups (broad SMARTS) is 2. The van der Waals surface area contributed by atoms with Crippen molar-refractivity contribution in [3.8, 4) is 0 Å². The zero-order valence-electron chi connectivity index (χ0n) is 19.5. The number of carbonyl (C=O) groups is 3. The molecule has 2 aromatic rings. The molecule has 0 bridgehead atoms. The maximum Gasteiger partial charge on any atom is 0.414 e. The van der Waals surface area contributed by atoms with Crippen LogP contribution >= 0.6 is 0 Å². The number of carbonyl (C=O) groups excluding carboxylic acids is 1. The number of rotatable bonds is 4. The molecule has 1 aliphatic carbocycles. The lowest BCUT2D eigenvalue weighted by Crippen LogP contribution is -2.52. The van der Waals surface area contributed by atoms with Gasteiger partial charge in [0.25, 0.3) is 0 Å². The van der Waals surface area contributed by atoms with Crippen LogP contribution in [0, 0.1) is 0 Å². The molecule has 2 N–H and O–H groups in total. The molecule has 1 heterocycles. The van der Waals surface area contributed by atoms with E-state index in [4.69, 9.17) is 19.8 Å². The average molecular weight is 467 g/mol. The molecule has 0 radical (unpaired) electrons. The van der Waals surface area contributed by atoms with Crippen LogP contribution in [-0.2, 0) is 14.4 Å². The largest absolute Gasteiger partial charge is 0.473 e. The fourth-order valence-corrected chi connectivity index (χ4v) is 4.88. The van der Waals surface area contributed by atoms with E-state index in [0.29, 0.717) is 0 Å². The molecule has 0 spiro atoms. The molecule has 7 heteroatoms. The van der Waals surface area contributed by atoms with Crippen LogP contribution in [0.15, 0.2) is 60.7 Å². The summed E-state index contributed by atoms with van der Waals surface area (Å²) >= 11 is 0. The van der Waals surface area contributed by atoms with Gasteiger partial charge in [0.15, 0.2) is 0 Å². The Bertz CT molecular complexity index is 867. The third-order valence-electron chi connectivity index (χ3n) is 6.66. The number of benzene rings is 2. The topological polar surface area (TPSA) is 98.2 Å². The highest BCUT2D eigenvalue weighted by Gasteiger charge is 2.31. The predicted octanol–water partition coefficient (Wildman–Crippen LogP) is 3.84. The molecule has 4 rings (SSSR count). The molecule has 2 aliphatic rings. The second-order valence-electron chi connectivity index (χ2n) is 8.87. The Morgan fingerprint density at radius 2 is 1.12 bits per heavy atom. The standard InChI is InChI=1S/C25H32N2O.C2H2O4/c28-25(24(21-11-5-3-6-12-21)22-13-7-4-8-14-22)27-19-17-26(18-20-27)23-15-9-1-2-10-16-23;3-1(4)2(5)6/h3-8,11-14,23-24H,1-2,9-10,15-20H2;(H,3,4)(H,5,6). The summed E-state index contributed by atoms with van der Waals surface area (Å²) in [4.78, 5) is 36.5. The van der Waals surface area contributed by atoms with Crippen LogP contribution in [0.25, 0.3) is 0 Å². The molecule has 1 amide bonds. The molecule has 7 nitrogen and oxygen atoms in total. The third kappa shape index (κ3) is 7.15. The lowest BCUT2D eigenvalue weighted by Gasteiger charge is -2.40. The van der Waals surface area contributed by atoms with Gasteiger partial charge in [-0.1, -0.05) is 86.3 Å². The van der Waals surface area contributed by atoms with Gasteiger partial charge >= 0.3 is 11.9 Å². The predicted molar refractivity (Wildman–Crippen MR) is 130 cm³/mol. The molecule has 2 aromatic carbocycles. The van der Waals surface area contributed by atoms with E-state index >= 15 is 0 Å². The second kappa shape index (κ2) is 12.9. The van der Waals surface area contributed by atoms with Crippen LogP contribution in [0.2, 0.25) is 0 Å². The Morgan fingerprint density at radius 1 is 0.676 bits per heavy atom. The van der Waals surface area contributed by atoms with E-state index in [1.54, 1.807) is 0 Å². The van der Waals surface area contributed by atoms with Crippen molar-refractivity contribution in [2.45, 2.75) is 50.5 Å². The van der Waals surface area contributed by atoms with Crippen LogP contribution in [0.5, 0.6) is 0 Å². The number of hydrogen-bond acceptors (Lipinski definition) is 4. The van der Waals surface area contributed by atoms with Gasteiger partial charge in [-0.3, -0.25) is 9.69 Å². The summed E-state index contributed by atoms with van der Waals surface area (Å²) in [6.07, 6.45) is 8.20. The summed E-state index contributed by atoms with van der Waals surface area (Å²) in [5.74, 6) is -3.60. The molecule has 2 fully saturated rings. The Balaban J connectivity index is 0.000000481. The van der Waals surface area contributed by atoms with Crippen molar-refractivity contribution in [3.63, 3.8) is 0 Å². The van der Waals surface area contributed by atoms with Crippen molar-refractivity contribution in [2.75, 3.05) is 26.2 Å². The molecular weight excluding hydrogens is 432 g/mol. The highest BCUT2D eigenvalue weighted by atomic mass is 16.4. The number of piperazine rings is 1. The first-order valence-corrected chi connectivity index (χ1v) is 12.1. The zero-order valence-corrected chi connectivity index (χ0v) is 19.5. The Morgan fingerprint density at radius 3 is 1.53 bits per heavy atom. The van der Waals surface area contributed by atoms with Gasteiger partial charge in [-0.25, -0.2) is 9.59 Å². The van der Waals surface area contributed by atoms with Crippen LogP contribution < -0.4 is 0 Å². The number of hydrogen-bond donors (Lipinski definition) is 2. The Kier molecular flexibility index (Phi) is 9.64. The van der Waals surface area contributed by atoms with Crippen molar-refractivity contribution >= 4 is 17.8 Å². The van der Waals surface area contributed by atoms with E-state index in [1.165, 1.54) is 38.5 Å². The van der Waals surface area contributed by atoms with Gasteiger partial charge in [0.1, 0.15) is 0 Å². The summed E-state index contributed by atoms with van der Waals surface area (Å²) in [7, 11) is 0.